The Balaban J connectivity index is 1.74. The largest absolute Gasteiger partial charge is 0.494 e. The molecule has 1 aromatic carbocycles. The topological polar surface area (TPSA) is 94.2 Å². The second-order valence-corrected chi connectivity index (χ2v) is 7.41. The van der Waals surface area contributed by atoms with Gasteiger partial charge in [-0.3, -0.25) is 4.79 Å². The van der Waals surface area contributed by atoms with E-state index in [1.807, 2.05) is 0 Å². The van der Waals surface area contributed by atoms with Crippen LogP contribution in [0.25, 0.3) is 0 Å². The summed E-state index contributed by atoms with van der Waals surface area (Å²) < 4.78 is 42.6. The Hall–Kier alpha value is -2.10. The second-order valence-electron chi connectivity index (χ2n) is 5.51. The number of rotatable bonds is 5. The van der Waals surface area contributed by atoms with Gasteiger partial charge in [0, 0.05) is 19.6 Å². The van der Waals surface area contributed by atoms with Crippen LogP contribution in [0.2, 0.25) is 0 Å². The van der Waals surface area contributed by atoms with Crippen LogP contribution >= 0.6 is 0 Å². The van der Waals surface area contributed by atoms with Crippen molar-refractivity contribution in [2.75, 3.05) is 39.5 Å². The normalized spacial score (nSPS) is 18.6. The molecular weight excluding hydrogens is 348 g/mol. The van der Waals surface area contributed by atoms with Gasteiger partial charge in [-0.05, 0) is 11.6 Å². The summed E-state index contributed by atoms with van der Waals surface area (Å²) in [6, 6.07) is 6.63. The maximum atomic E-state index is 12.9. The molecule has 0 saturated carbocycles. The van der Waals surface area contributed by atoms with Crippen molar-refractivity contribution in [1.82, 2.24) is 9.62 Å². The van der Waals surface area contributed by atoms with Crippen LogP contribution < -0.4 is 5.32 Å². The van der Waals surface area contributed by atoms with Crippen LogP contribution in [0.4, 0.5) is 0 Å². The molecule has 0 aliphatic carbocycles. The van der Waals surface area contributed by atoms with E-state index in [0.29, 0.717) is 45.1 Å². The molecule has 1 fully saturated rings. The van der Waals surface area contributed by atoms with E-state index in [4.69, 9.17) is 14.2 Å². The summed E-state index contributed by atoms with van der Waals surface area (Å²) in [6.07, 6.45) is 1.26. The van der Waals surface area contributed by atoms with Crippen molar-refractivity contribution in [3.05, 3.63) is 41.9 Å². The van der Waals surface area contributed by atoms with Gasteiger partial charge in [0.1, 0.15) is 19.5 Å². The number of carbonyl (C=O) groups excluding carboxylic acids is 1. The first-order chi connectivity index (χ1) is 12.1. The molecule has 1 saturated heterocycles. The number of nitrogens with zero attached hydrogens (tertiary/aromatic N) is 1. The van der Waals surface area contributed by atoms with E-state index >= 15 is 0 Å². The second kappa shape index (κ2) is 7.85. The van der Waals surface area contributed by atoms with Crippen molar-refractivity contribution in [3.8, 4) is 0 Å². The third-order valence-electron chi connectivity index (χ3n) is 3.87. The van der Waals surface area contributed by atoms with Crippen LogP contribution in [0, 0.1) is 0 Å². The van der Waals surface area contributed by atoms with Gasteiger partial charge in [-0.25, -0.2) is 8.42 Å². The molecule has 2 heterocycles. The lowest BCUT2D eigenvalue weighted by atomic mass is 10.2. The molecule has 1 amide bonds. The lowest BCUT2D eigenvalue weighted by Crippen LogP contribution is -2.41. The van der Waals surface area contributed by atoms with E-state index in [9.17, 15) is 13.2 Å². The fourth-order valence-electron chi connectivity index (χ4n) is 2.58. The molecule has 2 aliphatic rings. The molecule has 1 aromatic rings. The van der Waals surface area contributed by atoms with E-state index < -0.39 is 15.9 Å². The summed E-state index contributed by atoms with van der Waals surface area (Å²) in [5.41, 5.74) is 0.514. The Morgan fingerprint density at radius 3 is 2.60 bits per heavy atom. The Morgan fingerprint density at radius 2 is 1.88 bits per heavy atom. The van der Waals surface area contributed by atoms with Crippen molar-refractivity contribution >= 4 is 15.9 Å². The molecule has 0 bridgehead atoms. The van der Waals surface area contributed by atoms with Gasteiger partial charge in [-0.1, -0.05) is 18.2 Å². The Bertz CT molecular complexity index is 756. The predicted octanol–water partition coefficient (Wildman–Crippen LogP) is 0.212. The van der Waals surface area contributed by atoms with Gasteiger partial charge in [0.25, 0.3) is 5.91 Å². The van der Waals surface area contributed by atoms with Crippen LogP contribution in [-0.4, -0.2) is 58.1 Å². The van der Waals surface area contributed by atoms with E-state index in [0.717, 1.165) is 0 Å². The van der Waals surface area contributed by atoms with E-state index in [1.54, 1.807) is 24.3 Å². The average Bonchev–Trinajstić information content (AvgIpc) is 2.67. The quantitative estimate of drug-likeness (QED) is 0.799. The van der Waals surface area contributed by atoms with Crippen molar-refractivity contribution in [2.24, 2.45) is 0 Å². The minimum absolute atomic E-state index is 0.0687. The molecule has 25 heavy (non-hydrogen) atoms. The molecule has 0 spiro atoms. The summed E-state index contributed by atoms with van der Waals surface area (Å²) in [7, 11) is -3.63. The highest BCUT2D eigenvalue weighted by molar-refractivity contribution is 7.89. The Morgan fingerprint density at radius 1 is 1.12 bits per heavy atom. The molecule has 8 nitrogen and oxygen atoms in total. The van der Waals surface area contributed by atoms with Crippen LogP contribution in [0.15, 0.2) is 41.2 Å². The highest BCUT2D eigenvalue weighted by Crippen LogP contribution is 2.21. The molecule has 136 valence electrons. The van der Waals surface area contributed by atoms with Crippen LogP contribution in [0.1, 0.15) is 5.56 Å². The third kappa shape index (κ3) is 4.12. The highest BCUT2D eigenvalue weighted by Gasteiger charge is 2.28. The standard InChI is InChI=1S/C16H20N2O6S/c19-16(14-12-23-9-10-24-14)17-11-13-3-1-2-4-15(13)25(20,21)18-5-7-22-8-6-18/h1-4,12H,5-11H2,(H,17,19). The maximum absolute atomic E-state index is 12.9. The minimum atomic E-state index is -3.63. The van der Waals surface area contributed by atoms with Gasteiger partial charge >= 0.3 is 0 Å². The zero-order valence-corrected chi connectivity index (χ0v) is 14.5. The zero-order chi connectivity index (χ0) is 17.7. The highest BCUT2D eigenvalue weighted by atomic mass is 32.2. The molecular formula is C16H20N2O6S. The first kappa shape index (κ1) is 17.7. The number of hydrogen-bond acceptors (Lipinski definition) is 6. The summed E-state index contributed by atoms with van der Waals surface area (Å²) >= 11 is 0. The molecule has 0 aromatic heterocycles. The minimum Gasteiger partial charge on any atom is -0.494 e. The summed E-state index contributed by atoms with van der Waals surface area (Å²) in [6.45, 7) is 2.17. The van der Waals surface area contributed by atoms with Crippen LogP contribution in [-0.2, 0) is 35.6 Å². The van der Waals surface area contributed by atoms with E-state index in [-0.39, 0.29) is 17.2 Å². The van der Waals surface area contributed by atoms with Gasteiger partial charge in [0.2, 0.25) is 15.8 Å². The Labute approximate surface area is 146 Å². The molecule has 0 atom stereocenters. The lowest BCUT2D eigenvalue weighted by Gasteiger charge is -2.27. The zero-order valence-electron chi connectivity index (χ0n) is 13.6. The number of sulfonamides is 1. The Kier molecular flexibility index (Phi) is 5.57. The number of morpholine rings is 1. The predicted molar refractivity (Wildman–Crippen MR) is 87.9 cm³/mol. The van der Waals surface area contributed by atoms with Gasteiger partial charge in [0.15, 0.2) is 0 Å². The smallest absolute Gasteiger partial charge is 0.289 e. The average molecular weight is 368 g/mol. The van der Waals surface area contributed by atoms with Gasteiger partial charge in [0.05, 0.1) is 18.1 Å². The fourth-order valence-corrected chi connectivity index (χ4v) is 4.21. The molecule has 9 heteroatoms. The number of carbonyl (C=O) groups is 1. The number of benzene rings is 1. The van der Waals surface area contributed by atoms with Crippen molar-refractivity contribution in [1.29, 1.82) is 0 Å². The molecule has 0 unspecified atom stereocenters. The number of ether oxygens (including phenoxy) is 3. The van der Waals surface area contributed by atoms with Crippen molar-refractivity contribution < 1.29 is 27.4 Å². The number of amides is 1. The summed E-state index contributed by atoms with van der Waals surface area (Å²) in [5, 5.41) is 2.66. The SMILES string of the molecule is O=C(NCc1ccccc1S(=O)(=O)N1CCOCC1)C1=COCCO1. The monoisotopic (exact) mass is 368 g/mol. The van der Waals surface area contributed by atoms with Gasteiger partial charge in [-0.15, -0.1) is 0 Å². The molecule has 2 aliphatic heterocycles. The summed E-state index contributed by atoms with van der Waals surface area (Å²) in [4.78, 5) is 12.3. The molecule has 3 rings (SSSR count). The van der Waals surface area contributed by atoms with Gasteiger partial charge in [-0.2, -0.15) is 4.31 Å². The number of nitrogens with one attached hydrogen (secondary N) is 1. The van der Waals surface area contributed by atoms with E-state index in [2.05, 4.69) is 5.32 Å². The fraction of sp³-hybridized carbons (Fsp3) is 0.438. The third-order valence-corrected chi connectivity index (χ3v) is 5.87. The number of hydrogen-bond donors (Lipinski definition) is 1. The van der Waals surface area contributed by atoms with Crippen LogP contribution in [0.5, 0.6) is 0 Å². The first-order valence-corrected chi connectivity index (χ1v) is 9.41. The maximum Gasteiger partial charge on any atom is 0.289 e. The van der Waals surface area contributed by atoms with Crippen molar-refractivity contribution in [3.63, 3.8) is 0 Å². The first-order valence-electron chi connectivity index (χ1n) is 7.97. The summed E-state index contributed by atoms with van der Waals surface area (Å²) in [5.74, 6) is -0.363. The lowest BCUT2D eigenvalue weighted by molar-refractivity contribution is -0.122. The van der Waals surface area contributed by atoms with Crippen LogP contribution in [0.3, 0.4) is 0 Å². The van der Waals surface area contributed by atoms with E-state index in [1.165, 1.54) is 10.6 Å². The van der Waals surface area contributed by atoms with Crippen molar-refractivity contribution in [2.45, 2.75) is 11.4 Å². The molecule has 1 N–H and O–H groups in total. The molecule has 0 radical (unpaired) electrons. The van der Waals surface area contributed by atoms with Gasteiger partial charge < -0.3 is 19.5 Å².